The van der Waals surface area contributed by atoms with Crippen LogP contribution in [0.4, 0.5) is 4.39 Å². The summed E-state index contributed by atoms with van der Waals surface area (Å²) < 4.78 is 20.7. The molecule has 0 unspecified atom stereocenters. The molecule has 1 saturated heterocycles. The maximum absolute atomic E-state index is 13.3. The minimum absolute atomic E-state index is 0.0458. The molecule has 4 rings (SSSR count). The third kappa shape index (κ3) is 3.87. The number of carbonyl (C=O) groups excluding carboxylic acids is 1. The number of rotatable bonds is 5. The average molecular weight is 396 g/mol. The second-order valence-corrected chi connectivity index (χ2v) is 7.58. The van der Waals surface area contributed by atoms with Crippen molar-refractivity contribution in [1.29, 1.82) is 0 Å². The molecule has 1 N–H and O–H groups in total. The molecule has 1 fully saturated rings. The van der Waals surface area contributed by atoms with Gasteiger partial charge in [-0.15, -0.1) is 0 Å². The lowest BCUT2D eigenvalue weighted by atomic mass is 10.0. The topological polar surface area (TPSA) is 68.5 Å². The van der Waals surface area contributed by atoms with Gasteiger partial charge in [0.1, 0.15) is 5.82 Å². The molecule has 1 atom stereocenters. The molecule has 3 aromatic rings. The molecule has 2 aromatic heterocycles. The number of amides is 1. The lowest BCUT2D eigenvalue weighted by molar-refractivity contribution is -0.121. The van der Waals surface area contributed by atoms with Crippen LogP contribution in [0.3, 0.4) is 0 Å². The van der Waals surface area contributed by atoms with Crippen LogP contribution in [0.2, 0.25) is 0 Å². The third-order valence-electron chi connectivity index (χ3n) is 5.52. The normalized spacial score (nSPS) is 16.5. The molecule has 152 valence electrons. The highest BCUT2D eigenvalue weighted by Crippen LogP contribution is 2.29. The summed E-state index contributed by atoms with van der Waals surface area (Å²) in [4.78, 5) is 17.2. The van der Waals surface area contributed by atoms with E-state index in [1.54, 1.807) is 16.6 Å². The number of carbonyl (C=O) groups is 1. The minimum Gasteiger partial charge on any atom is -0.376 e. The highest BCUT2D eigenvalue weighted by Gasteiger charge is 2.20. The molecule has 0 spiro atoms. The van der Waals surface area contributed by atoms with Crippen molar-refractivity contribution in [3.8, 4) is 11.1 Å². The average Bonchev–Trinajstić information content (AvgIpc) is 3.32. The monoisotopic (exact) mass is 396 g/mol. The van der Waals surface area contributed by atoms with E-state index >= 15 is 0 Å². The van der Waals surface area contributed by atoms with Crippen molar-refractivity contribution >= 4 is 11.6 Å². The van der Waals surface area contributed by atoms with Crippen LogP contribution in [0, 0.1) is 26.6 Å². The Morgan fingerprint density at radius 2 is 2.00 bits per heavy atom. The molecule has 6 nitrogen and oxygen atoms in total. The molecular weight excluding hydrogens is 371 g/mol. The van der Waals surface area contributed by atoms with E-state index in [0.29, 0.717) is 12.2 Å². The molecule has 0 bridgehead atoms. The maximum atomic E-state index is 13.3. The molecule has 7 heteroatoms. The molecular formula is C22H25FN4O2. The fourth-order valence-corrected chi connectivity index (χ4v) is 3.93. The van der Waals surface area contributed by atoms with Crippen molar-refractivity contribution < 1.29 is 13.9 Å². The number of aromatic nitrogens is 3. The molecule has 0 radical (unpaired) electrons. The van der Waals surface area contributed by atoms with Gasteiger partial charge in [-0.3, -0.25) is 4.79 Å². The first-order valence-electron chi connectivity index (χ1n) is 9.93. The van der Waals surface area contributed by atoms with Crippen molar-refractivity contribution in [3.05, 3.63) is 52.7 Å². The Balaban J connectivity index is 1.63. The lowest BCUT2D eigenvalue weighted by Crippen LogP contribution is -2.33. The van der Waals surface area contributed by atoms with E-state index in [1.165, 1.54) is 12.1 Å². The van der Waals surface area contributed by atoms with Crippen LogP contribution in [0.1, 0.15) is 35.5 Å². The number of fused-ring (bicyclic) bond motifs is 1. The Morgan fingerprint density at radius 3 is 2.69 bits per heavy atom. The second-order valence-electron chi connectivity index (χ2n) is 7.58. The predicted molar refractivity (Wildman–Crippen MR) is 108 cm³/mol. The largest absolute Gasteiger partial charge is 0.376 e. The zero-order chi connectivity index (χ0) is 20.5. The van der Waals surface area contributed by atoms with Crippen molar-refractivity contribution in [2.45, 2.75) is 46.1 Å². The summed E-state index contributed by atoms with van der Waals surface area (Å²) in [5.74, 6) is -0.324. The van der Waals surface area contributed by atoms with Gasteiger partial charge in [0.2, 0.25) is 5.91 Å². The van der Waals surface area contributed by atoms with Gasteiger partial charge in [-0.1, -0.05) is 12.1 Å². The molecule has 1 aliphatic heterocycles. The minimum atomic E-state index is -0.278. The summed E-state index contributed by atoms with van der Waals surface area (Å²) in [5.41, 5.74) is 5.83. The van der Waals surface area contributed by atoms with Gasteiger partial charge in [0.25, 0.3) is 0 Å². The number of halogens is 1. The first-order valence-corrected chi connectivity index (χ1v) is 9.93. The maximum Gasteiger partial charge on any atom is 0.224 e. The van der Waals surface area contributed by atoms with Gasteiger partial charge >= 0.3 is 0 Å². The van der Waals surface area contributed by atoms with E-state index in [-0.39, 0.29) is 24.2 Å². The smallest absolute Gasteiger partial charge is 0.224 e. The lowest BCUT2D eigenvalue weighted by Gasteiger charge is -2.13. The summed E-state index contributed by atoms with van der Waals surface area (Å²) in [6.07, 6.45) is 2.41. The number of hydrogen-bond donors (Lipinski definition) is 1. The Bertz CT molecular complexity index is 1050. The van der Waals surface area contributed by atoms with E-state index in [1.807, 2.05) is 20.8 Å². The molecule has 3 heterocycles. The van der Waals surface area contributed by atoms with Gasteiger partial charge in [-0.25, -0.2) is 13.9 Å². The van der Waals surface area contributed by atoms with Crippen molar-refractivity contribution in [3.63, 3.8) is 0 Å². The van der Waals surface area contributed by atoms with Crippen LogP contribution in [-0.4, -0.2) is 39.8 Å². The standard InChI is InChI=1S/C22H25FN4O2/c1-13-19(11-20(28)24-12-18-5-4-10-29-18)15(3)27-22(25-13)21(14(2)26-27)16-6-8-17(23)9-7-16/h6-9,18H,4-5,10-12H2,1-3H3,(H,24,28)/t18-/m1/s1. The number of nitrogens with one attached hydrogen (secondary N) is 1. The SMILES string of the molecule is Cc1nc2c(-c3ccc(F)cc3)c(C)nn2c(C)c1CC(=O)NC[C@H]1CCCO1. The van der Waals surface area contributed by atoms with E-state index in [0.717, 1.165) is 53.2 Å². The van der Waals surface area contributed by atoms with Crippen molar-refractivity contribution in [2.24, 2.45) is 0 Å². The van der Waals surface area contributed by atoms with Gasteiger partial charge in [0.05, 0.1) is 18.2 Å². The summed E-state index contributed by atoms with van der Waals surface area (Å²) in [5, 5.41) is 7.60. The number of benzene rings is 1. The summed E-state index contributed by atoms with van der Waals surface area (Å²) in [6, 6.07) is 6.34. The first-order chi connectivity index (χ1) is 13.9. The molecule has 1 aromatic carbocycles. The van der Waals surface area contributed by atoms with E-state index in [9.17, 15) is 9.18 Å². The summed E-state index contributed by atoms with van der Waals surface area (Å²) >= 11 is 0. The third-order valence-corrected chi connectivity index (χ3v) is 5.52. The Morgan fingerprint density at radius 1 is 1.24 bits per heavy atom. The first kappa shape index (κ1) is 19.5. The van der Waals surface area contributed by atoms with Gasteiger partial charge in [0.15, 0.2) is 5.65 Å². The Kier molecular flexibility index (Phi) is 5.32. The predicted octanol–water partition coefficient (Wildman–Crippen LogP) is 3.30. The van der Waals surface area contributed by atoms with E-state index < -0.39 is 0 Å². The number of nitrogens with zero attached hydrogens (tertiary/aromatic N) is 3. The fourth-order valence-electron chi connectivity index (χ4n) is 3.93. The van der Waals surface area contributed by atoms with Crippen LogP contribution in [-0.2, 0) is 16.0 Å². The van der Waals surface area contributed by atoms with Crippen molar-refractivity contribution in [2.75, 3.05) is 13.2 Å². The molecule has 0 saturated carbocycles. The highest BCUT2D eigenvalue weighted by atomic mass is 19.1. The number of ether oxygens (including phenoxy) is 1. The zero-order valence-corrected chi connectivity index (χ0v) is 17.0. The van der Waals surface area contributed by atoms with Crippen molar-refractivity contribution in [1.82, 2.24) is 19.9 Å². The van der Waals surface area contributed by atoms with Crippen LogP contribution in [0.5, 0.6) is 0 Å². The summed E-state index contributed by atoms with van der Waals surface area (Å²) in [6.45, 7) is 7.09. The molecule has 29 heavy (non-hydrogen) atoms. The van der Waals surface area contributed by atoms with Crippen LogP contribution >= 0.6 is 0 Å². The quantitative estimate of drug-likeness (QED) is 0.719. The van der Waals surface area contributed by atoms with Gasteiger partial charge in [0, 0.05) is 35.7 Å². The molecule has 1 aliphatic rings. The molecule has 1 amide bonds. The van der Waals surface area contributed by atoms with Gasteiger partial charge in [-0.2, -0.15) is 5.10 Å². The zero-order valence-electron chi connectivity index (χ0n) is 17.0. The fraction of sp³-hybridized carbons (Fsp3) is 0.409. The van der Waals surface area contributed by atoms with E-state index in [2.05, 4.69) is 10.4 Å². The van der Waals surface area contributed by atoms with Crippen LogP contribution in [0.15, 0.2) is 24.3 Å². The highest BCUT2D eigenvalue weighted by molar-refractivity contribution is 5.82. The summed E-state index contributed by atoms with van der Waals surface area (Å²) in [7, 11) is 0. The Labute approximate surface area is 169 Å². The van der Waals surface area contributed by atoms with Gasteiger partial charge < -0.3 is 10.1 Å². The number of aryl methyl sites for hydroxylation is 3. The van der Waals surface area contributed by atoms with Gasteiger partial charge in [-0.05, 0) is 51.3 Å². The second kappa shape index (κ2) is 7.91. The van der Waals surface area contributed by atoms with E-state index in [4.69, 9.17) is 9.72 Å². The van der Waals surface area contributed by atoms with Crippen LogP contribution < -0.4 is 5.32 Å². The van der Waals surface area contributed by atoms with Crippen LogP contribution in [0.25, 0.3) is 16.8 Å². The molecule has 0 aliphatic carbocycles. The Hall–Kier alpha value is -2.80. The number of hydrogen-bond acceptors (Lipinski definition) is 4.